The molecule has 0 fully saturated rings. The van der Waals surface area contributed by atoms with Crippen molar-refractivity contribution in [2.75, 3.05) is 16.8 Å². The summed E-state index contributed by atoms with van der Waals surface area (Å²) in [4.78, 5) is 8.96. The van der Waals surface area contributed by atoms with Crippen molar-refractivity contribution in [2.24, 2.45) is 0 Å². The number of para-hydroxylation sites is 3. The van der Waals surface area contributed by atoms with Crippen molar-refractivity contribution in [3.05, 3.63) is 122 Å². The maximum atomic E-state index is 6.43. The van der Waals surface area contributed by atoms with Crippen LogP contribution in [-0.2, 0) is 0 Å². The number of nitrogens with zero attached hydrogens (tertiary/aromatic N) is 3. The zero-order valence-electron chi connectivity index (χ0n) is 22.6. The van der Waals surface area contributed by atoms with Gasteiger partial charge in [0, 0.05) is 30.3 Å². The first kappa shape index (κ1) is 23.0. The highest BCUT2D eigenvalue weighted by molar-refractivity contribution is 6.10. The summed E-state index contributed by atoms with van der Waals surface area (Å²) in [5.74, 6) is 1.14. The van der Waals surface area contributed by atoms with Gasteiger partial charge in [-0.2, -0.15) is 0 Å². The van der Waals surface area contributed by atoms with Crippen molar-refractivity contribution >= 4 is 61.5 Å². The lowest BCUT2D eigenvalue weighted by Crippen LogP contribution is -2.23. The van der Waals surface area contributed by atoms with E-state index in [9.17, 15) is 0 Å². The maximum absolute atomic E-state index is 6.43. The lowest BCUT2D eigenvalue weighted by atomic mass is 9.95. The molecule has 200 valence electrons. The van der Waals surface area contributed by atoms with Crippen molar-refractivity contribution in [2.45, 2.75) is 0 Å². The van der Waals surface area contributed by atoms with Gasteiger partial charge >= 0.3 is 0 Å². The van der Waals surface area contributed by atoms with Gasteiger partial charge in [0.15, 0.2) is 0 Å². The third kappa shape index (κ3) is 3.23. The number of pyridine rings is 1. The second kappa shape index (κ2) is 8.62. The largest absolute Gasteiger partial charge is 0.464 e. The van der Waals surface area contributed by atoms with Crippen LogP contribution >= 0.6 is 0 Å². The number of benzene rings is 4. The first-order chi connectivity index (χ1) is 20.7. The lowest BCUT2D eigenvalue weighted by Gasteiger charge is -2.37. The fraction of sp³-hybridized carbons (Fsp3) is 0.0278. The van der Waals surface area contributed by atoms with E-state index in [1.165, 1.54) is 0 Å². The van der Waals surface area contributed by atoms with Crippen LogP contribution in [0.4, 0.5) is 28.6 Å². The van der Waals surface area contributed by atoms with Crippen LogP contribution in [0.5, 0.6) is 0 Å². The number of furan rings is 3. The van der Waals surface area contributed by atoms with Crippen LogP contribution < -0.4 is 9.80 Å². The summed E-state index contributed by atoms with van der Waals surface area (Å²) < 4.78 is 18.3. The van der Waals surface area contributed by atoms with E-state index >= 15 is 0 Å². The normalized spacial score (nSPS) is 12.8. The summed E-state index contributed by atoms with van der Waals surface area (Å²) in [5.41, 5.74) is 9.00. The van der Waals surface area contributed by atoms with Crippen LogP contribution in [0.15, 0.2) is 135 Å². The molecule has 5 heterocycles. The Hall–Kier alpha value is -5.75. The van der Waals surface area contributed by atoms with E-state index in [4.69, 9.17) is 13.3 Å². The van der Waals surface area contributed by atoms with E-state index < -0.39 is 0 Å². The summed E-state index contributed by atoms with van der Waals surface area (Å²) in [6, 6.07) is 35.4. The molecule has 0 amide bonds. The smallest absolute Gasteiger partial charge is 0.299 e. The van der Waals surface area contributed by atoms with Gasteiger partial charge < -0.3 is 18.2 Å². The van der Waals surface area contributed by atoms with Gasteiger partial charge in [0.2, 0.25) is 5.88 Å². The minimum absolute atomic E-state index is 0.468. The molecule has 0 saturated carbocycles. The zero-order chi connectivity index (χ0) is 27.8. The molecule has 1 aliphatic heterocycles. The summed E-state index contributed by atoms with van der Waals surface area (Å²) in [5, 5.41) is 4.25. The molecular weight excluding hydrogens is 522 g/mol. The van der Waals surface area contributed by atoms with Crippen molar-refractivity contribution in [1.29, 1.82) is 0 Å². The summed E-state index contributed by atoms with van der Waals surface area (Å²) in [7, 11) is 2.11. The van der Waals surface area contributed by atoms with Gasteiger partial charge in [0.1, 0.15) is 11.8 Å². The van der Waals surface area contributed by atoms with Crippen LogP contribution in [0, 0.1) is 0 Å². The van der Waals surface area contributed by atoms with Crippen LogP contribution in [-0.4, -0.2) is 12.0 Å². The molecule has 6 nitrogen and oxygen atoms in total. The quantitative estimate of drug-likeness (QED) is 0.220. The number of hydrogen-bond donors (Lipinski definition) is 0. The predicted molar refractivity (Wildman–Crippen MR) is 167 cm³/mol. The highest BCUT2D eigenvalue weighted by atomic mass is 16.5. The van der Waals surface area contributed by atoms with E-state index in [0.717, 1.165) is 72.3 Å². The molecule has 6 heteroatoms. The third-order valence-corrected chi connectivity index (χ3v) is 8.25. The van der Waals surface area contributed by atoms with Gasteiger partial charge in [-0.1, -0.05) is 54.6 Å². The van der Waals surface area contributed by atoms with Gasteiger partial charge in [-0.3, -0.25) is 9.88 Å². The summed E-state index contributed by atoms with van der Waals surface area (Å²) in [6.45, 7) is 0. The van der Waals surface area contributed by atoms with E-state index in [1.54, 1.807) is 12.5 Å². The molecule has 0 atom stereocenters. The monoisotopic (exact) mass is 545 g/mol. The molecule has 0 bridgehead atoms. The van der Waals surface area contributed by atoms with Gasteiger partial charge in [-0.25, -0.2) is 0 Å². The highest BCUT2D eigenvalue weighted by Gasteiger charge is 2.31. The second-order valence-corrected chi connectivity index (χ2v) is 10.5. The molecule has 0 aliphatic carbocycles. The van der Waals surface area contributed by atoms with Crippen LogP contribution in [0.25, 0.3) is 55.3 Å². The first-order valence-corrected chi connectivity index (χ1v) is 13.8. The average Bonchev–Trinajstić information content (AvgIpc) is 3.76. The Morgan fingerprint density at radius 3 is 2.33 bits per heavy atom. The van der Waals surface area contributed by atoms with Crippen LogP contribution in [0.3, 0.4) is 0 Å². The third-order valence-electron chi connectivity index (χ3n) is 8.25. The molecule has 4 aromatic heterocycles. The summed E-state index contributed by atoms with van der Waals surface area (Å²) in [6.07, 6.45) is 5.35. The van der Waals surface area contributed by atoms with Crippen molar-refractivity contribution < 1.29 is 13.3 Å². The Morgan fingerprint density at radius 2 is 1.43 bits per heavy atom. The molecule has 42 heavy (non-hydrogen) atoms. The van der Waals surface area contributed by atoms with Gasteiger partial charge in [0.25, 0.3) is 5.78 Å². The standard InChI is InChI=1S/C36H23N3O3/c1-38-30-13-3-4-14-31(30)39(35-19-26-28(21-41-36(26)42-35)29-12-6-7-16-37-29)33-18-25-22(17-32(33)38)9-8-11-23(25)27-20-40-34-15-5-2-10-24(27)34/h2-21H,1H3. The number of rotatable bonds is 3. The van der Waals surface area contributed by atoms with E-state index in [2.05, 4.69) is 88.6 Å². The number of fused-ring (bicyclic) bond motifs is 5. The molecule has 9 rings (SSSR count). The van der Waals surface area contributed by atoms with Gasteiger partial charge in [0.05, 0.1) is 45.7 Å². The first-order valence-electron chi connectivity index (χ1n) is 13.8. The second-order valence-electron chi connectivity index (χ2n) is 10.5. The molecule has 0 radical (unpaired) electrons. The molecule has 0 spiro atoms. The Morgan fingerprint density at radius 1 is 0.595 bits per heavy atom. The van der Waals surface area contributed by atoms with Crippen molar-refractivity contribution in [3.8, 4) is 22.4 Å². The molecular formula is C36H23N3O3. The Bertz CT molecular complexity index is 2290. The highest BCUT2D eigenvalue weighted by Crippen LogP contribution is 2.53. The zero-order valence-corrected chi connectivity index (χ0v) is 22.6. The van der Waals surface area contributed by atoms with E-state index in [-0.39, 0.29) is 0 Å². The molecule has 0 saturated heterocycles. The minimum Gasteiger partial charge on any atom is -0.464 e. The fourth-order valence-corrected chi connectivity index (χ4v) is 6.25. The van der Waals surface area contributed by atoms with E-state index in [0.29, 0.717) is 11.7 Å². The topological polar surface area (TPSA) is 58.8 Å². The van der Waals surface area contributed by atoms with Crippen molar-refractivity contribution in [3.63, 3.8) is 0 Å². The van der Waals surface area contributed by atoms with E-state index in [1.807, 2.05) is 42.7 Å². The number of anilines is 5. The average molecular weight is 546 g/mol. The molecule has 1 aliphatic rings. The molecule has 0 unspecified atom stereocenters. The Labute approximate surface area is 240 Å². The van der Waals surface area contributed by atoms with Crippen LogP contribution in [0.2, 0.25) is 0 Å². The number of hydrogen-bond acceptors (Lipinski definition) is 6. The molecule has 4 aromatic carbocycles. The molecule has 8 aromatic rings. The Kier molecular flexibility index (Phi) is 4.72. The lowest BCUT2D eigenvalue weighted by molar-refractivity contribution is 0.482. The molecule has 0 N–H and O–H groups in total. The van der Waals surface area contributed by atoms with Gasteiger partial charge in [-0.15, -0.1) is 0 Å². The summed E-state index contributed by atoms with van der Waals surface area (Å²) >= 11 is 0. The van der Waals surface area contributed by atoms with Crippen LogP contribution in [0.1, 0.15) is 0 Å². The maximum Gasteiger partial charge on any atom is 0.299 e. The van der Waals surface area contributed by atoms with Gasteiger partial charge in [-0.05, 0) is 58.8 Å². The Balaban J connectivity index is 1.29. The minimum atomic E-state index is 0.468. The SMILES string of the molecule is CN1c2ccccc2N(c2cc3c(-c4ccccn4)coc3o2)c2cc3c(-c4coc5ccccc45)cccc3cc21. The predicted octanol–water partition coefficient (Wildman–Crippen LogP) is 10.2. The fourth-order valence-electron chi connectivity index (χ4n) is 6.25. The number of aromatic nitrogens is 1. The van der Waals surface area contributed by atoms with Crippen molar-refractivity contribution in [1.82, 2.24) is 4.98 Å².